The molecule has 1 atom stereocenters. The topological polar surface area (TPSA) is 62.2 Å². The van der Waals surface area contributed by atoms with Crippen LogP contribution in [0.25, 0.3) is 0 Å². The van der Waals surface area contributed by atoms with Crippen LogP contribution in [-0.4, -0.2) is 68.3 Å². The number of piperazine rings is 1. The van der Waals surface area contributed by atoms with Crippen molar-refractivity contribution < 1.29 is 19.4 Å². The summed E-state index contributed by atoms with van der Waals surface area (Å²) in [5.41, 5.74) is 4.18. The van der Waals surface area contributed by atoms with E-state index in [1.807, 2.05) is 30.3 Å². The van der Waals surface area contributed by atoms with Gasteiger partial charge in [0.2, 0.25) is 0 Å². The highest BCUT2D eigenvalue weighted by Crippen LogP contribution is 2.26. The van der Waals surface area contributed by atoms with Crippen LogP contribution in [0.15, 0.2) is 72.8 Å². The molecule has 0 aromatic heterocycles. The number of β-amino-alcohol motifs (C(OH)–C–C–N with tert-alkyl or cyclic N) is 1. The Morgan fingerprint density at radius 3 is 2.42 bits per heavy atom. The van der Waals surface area contributed by atoms with Gasteiger partial charge in [0, 0.05) is 44.8 Å². The van der Waals surface area contributed by atoms with Gasteiger partial charge in [-0.05, 0) is 48.7 Å². The van der Waals surface area contributed by atoms with Gasteiger partial charge in [0.25, 0.3) is 0 Å². The van der Waals surface area contributed by atoms with Crippen molar-refractivity contribution in [2.75, 3.05) is 51.3 Å². The third-order valence-electron chi connectivity index (χ3n) is 6.70. The van der Waals surface area contributed by atoms with Crippen LogP contribution in [0.1, 0.15) is 27.9 Å². The number of hydrogen-bond donors (Lipinski definition) is 1. The Kier molecular flexibility index (Phi) is 8.98. The van der Waals surface area contributed by atoms with Gasteiger partial charge in [-0.3, -0.25) is 9.69 Å². The Balaban J connectivity index is 1.30. The number of aliphatic hydroxyl groups is 1. The Bertz CT molecular complexity index is 1130. The van der Waals surface area contributed by atoms with Gasteiger partial charge in [-0.15, -0.1) is 0 Å². The molecule has 0 radical (unpaired) electrons. The molecule has 1 N–H and O–H groups in total. The number of rotatable bonds is 11. The molecule has 3 aromatic carbocycles. The second kappa shape index (κ2) is 12.6. The first-order valence-corrected chi connectivity index (χ1v) is 12.6. The number of ketones is 1. The number of hydrogen-bond acceptors (Lipinski definition) is 6. The first-order chi connectivity index (χ1) is 17.5. The molecule has 190 valence electrons. The molecule has 1 saturated heterocycles. The zero-order chi connectivity index (χ0) is 25.3. The molecule has 1 aliphatic rings. The molecule has 1 fully saturated rings. The maximum absolute atomic E-state index is 13.0. The zero-order valence-corrected chi connectivity index (χ0v) is 21.2. The van der Waals surface area contributed by atoms with Crippen LogP contribution in [0.3, 0.4) is 0 Å². The van der Waals surface area contributed by atoms with Crippen LogP contribution in [-0.2, 0) is 6.42 Å². The number of carbonyl (C=O) groups is 1. The van der Waals surface area contributed by atoms with Crippen molar-refractivity contribution in [3.05, 3.63) is 89.5 Å². The van der Waals surface area contributed by atoms with Gasteiger partial charge in [-0.2, -0.15) is 0 Å². The van der Waals surface area contributed by atoms with Crippen molar-refractivity contribution in [1.29, 1.82) is 0 Å². The lowest BCUT2D eigenvalue weighted by Gasteiger charge is -2.37. The third-order valence-corrected chi connectivity index (χ3v) is 6.70. The lowest BCUT2D eigenvalue weighted by Crippen LogP contribution is -2.49. The molecule has 4 rings (SSSR count). The van der Waals surface area contributed by atoms with E-state index in [1.54, 1.807) is 25.3 Å². The van der Waals surface area contributed by atoms with Crippen LogP contribution >= 0.6 is 0 Å². The highest BCUT2D eigenvalue weighted by Gasteiger charge is 2.21. The molecule has 0 unspecified atom stereocenters. The van der Waals surface area contributed by atoms with Gasteiger partial charge >= 0.3 is 0 Å². The average Bonchev–Trinajstić information content (AvgIpc) is 2.92. The molecule has 0 spiro atoms. The van der Waals surface area contributed by atoms with Crippen molar-refractivity contribution in [1.82, 2.24) is 4.90 Å². The van der Waals surface area contributed by atoms with Gasteiger partial charge < -0.3 is 19.5 Å². The number of methoxy groups -OCH3 is 1. The normalized spacial score (nSPS) is 14.9. The molecule has 6 heteroatoms. The summed E-state index contributed by atoms with van der Waals surface area (Å²) in [5, 5.41) is 10.7. The molecule has 1 aliphatic heterocycles. The lowest BCUT2D eigenvalue weighted by atomic mass is 10.0. The molecule has 0 bridgehead atoms. The first-order valence-electron chi connectivity index (χ1n) is 12.6. The largest absolute Gasteiger partial charge is 0.497 e. The van der Waals surface area contributed by atoms with Crippen molar-refractivity contribution in [2.24, 2.45) is 0 Å². The van der Waals surface area contributed by atoms with Crippen LogP contribution in [0.2, 0.25) is 0 Å². The second-order valence-corrected chi connectivity index (χ2v) is 9.31. The summed E-state index contributed by atoms with van der Waals surface area (Å²) in [6.45, 7) is 6.43. The van der Waals surface area contributed by atoms with E-state index < -0.39 is 6.10 Å². The van der Waals surface area contributed by atoms with E-state index in [0.717, 1.165) is 31.7 Å². The molecule has 6 nitrogen and oxygen atoms in total. The predicted octanol–water partition coefficient (Wildman–Crippen LogP) is 4.38. The number of para-hydroxylation sites is 1. The zero-order valence-electron chi connectivity index (χ0n) is 21.2. The SMILES string of the molecule is COc1ccc(OC[C@H](O)CN2CCN(c3ccccc3C)CC2)c(C(=O)CCc2ccccc2)c1. The van der Waals surface area contributed by atoms with Crippen LogP contribution in [0.5, 0.6) is 11.5 Å². The molecule has 1 heterocycles. The van der Waals surface area contributed by atoms with E-state index in [1.165, 1.54) is 11.3 Å². The maximum atomic E-state index is 13.0. The van der Waals surface area contributed by atoms with E-state index in [0.29, 0.717) is 36.4 Å². The van der Waals surface area contributed by atoms with Gasteiger partial charge in [-0.25, -0.2) is 0 Å². The fourth-order valence-corrected chi connectivity index (χ4v) is 4.64. The Morgan fingerprint density at radius 1 is 0.972 bits per heavy atom. The van der Waals surface area contributed by atoms with Crippen molar-refractivity contribution >= 4 is 11.5 Å². The molecular formula is C30H36N2O4. The fourth-order valence-electron chi connectivity index (χ4n) is 4.64. The van der Waals surface area contributed by atoms with Crippen molar-refractivity contribution in [3.8, 4) is 11.5 Å². The summed E-state index contributed by atoms with van der Waals surface area (Å²) < 4.78 is 11.3. The highest BCUT2D eigenvalue weighted by molar-refractivity contribution is 5.99. The summed E-state index contributed by atoms with van der Waals surface area (Å²) in [5.74, 6) is 1.09. The molecule has 0 amide bonds. The molecular weight excluding hydrogens is 452 g/mol. The van der Waals surface area contributed by atoms with E-state index in [2.05, 4.69) is 41.0 Å². The summed E-state index contributed by atoms with van der Waals surface area (Å²) in [6.07, 6.45) is 0.388. The number of anilines is 1. The molecule has 0 aliphatic carbocycles. The van der Waals surface area contributed by atoms with E-state index in [-0.39, 0.29) is 12.4 Å². The number of Topliss-reactive ketones (excluding diaryl/α,β-unsaturated/α-hetero) is 1. The third kappa shape index (κ3) is 6.86. The highest BCUT2D eigenvalue weighted by atomic mass is 16.5. The Morgan fingerprint density at radius 2 is 1.69 bits per heavy atom. The summed E-state index contributed by atoms with van der Waals surface area (Å²) in [4.78, 5) is 17.7. The summed E-state index contributed by atoms with van der Waals surface area (Å²) in [7, 11) is 1.58. The number of ether oxygens (including phenoxy) is 2. The molecule has 3 aromatic rings. The maximum Gasteiger partial charge on any atom is 0.167 e. The quantitative estimate of drug-likeness (QED) is 0.404. The van der Waals surface area contributed by atoms with Gasteiger partial charge in [0.05, 0.1) is 12.7 Å². The minimum absolute atomic E-state index is 0.00503. The van der Waals surface area contributed by atoms with Crippen LogP contribution in [0.4, 0.5) is 5.69 Å². The predicted molar refractivity (Wildman–Crippen MR) is 143 cm³/mol. The van der Waals surface area contributed by atoms with Crippen LogP contribution < -0.4 is 14.4 Å². The van der Waals surface area contributed by atoms with E-state index >= 15 is 0 Å². The van der Waals surface area contributed by atoms with Crippen molar-refractivity contribution in [2.45, 2.75) is 25.9 Å². The van der Waals surface area contributed by atoms with Gasteiger partial charge in [-0.1, -0.05) is 48.5 Å². The van der Waals surface area contributed by atoms with E-state index in [4.69, 9.17) is 9.47 Å². The minimum atomic E-state index is -0.649. The Labute approximate surface area is 214 Å². The number of aryl methyl sites for hydroxylation is 2. The minimum Gasteiger partial charge on any atom is -0.497 e. The number of nitrogens with zero attached hydrogens (tertiary/aromatic N) is 2. The monoisotopic (exact) mass is 488 g/mol. The standard InChI is InChI=1S/C30H36N2O4/c1-23-8-6-7-11-28(23)32-18-16-31(17-19-32)21-25(33)22-36-30-15-13-26(35-2)20-27(30)29(34)14-12-24-9-4-3-5-10-24/h3-11,13,15,20,25,33H,12,14,16-19,21-22H2,1-2H3/t25-/m1/s1. The summed E-state index contributed by atoms with van der Waals surface area (Å²) in [6, 6.07) is 23.7. The average molecular weight is 489 g/mol. The number of aliphatic hydroxyl groups excluding tert-OH is 1. The first kappa shape index (κ1) is 25.7. The smallest absolute Gasteiger partial charge is 0.167 e. The van der Waals surface area contributed by atoms with Crippen molar-refractivity contribution in [3.63, 3.8) is 0 Å². The van der Waals surface area contributed by atoms with Crippen LogP contribution in [0, 0.1) is 6.92 Å². The molecule has 0 saturated carbocycles. The molecule has 36 heavy (non-hydrogen) atoms. The van der Waals surface area contributed by atoms with E-state index in [9.17, 15) is 9.90 Å². The lowest BCUT2D eigenvalue weighted by molar-refractivity contribution is 0.0655. The Hall–Kier alpha value is -3.35. The van der Waals surface area contributed by atoms with Gasteiger partial charge in [0.1, 0.15) is 24.2 Å². The number of carbonyl (C=O) groups excluding carboxylic acids is 1. The van der Waals surface area contributed by atoms with Gasteiger partial charge in [0.15, 0.2) is 5.78 Å². The second-order valence-electron chi connectivity index (χ2n) is 9.31. The number of benzene rings is 3. The summed E-state index contributed by atoms with van der Waals surface area (Å²) >= 11 is 0. The fraction of sp³-hybridized carbons (Fsp3) is 0.367.